The molecule has 142 valence electrons. The highest BCUT2D eigenvalue weighted by molar-refractivity contribution is 6.30. The quantitative estimate of drug-likeness (QED) is 0.518. The highest BCUT2D eigenvalue weighted by Crippen LogP contribution is 2.37. The van der Waals surface area contributed by atoms with Crippen molar-refractivity contribution in [3.63, 3.8) is 0 Å². The van der Waals surface area contributed by atoms with Crippen molar-refractivity contribution in [3.05, 3.63) is 59.3 Å². The zero-order chi connectivity index (χ0) is 19.7. The number of halogens is 1. The molecule has 0 saturated carbocycles. The van der Waals surface area contributed by atoms with Crippen LogP contribution in [0.1, 0.15) is 18.8 Å². The highest BCUT2D eigenvalue weighted by Gasteiger charge is 2.27. The first-order chi connectivity index (χ1) is 13.6. The molecule has 0 fully saturated rings. The van der Waals surface area contributed by atoms with E-state index in [1.165, 1.54) is 0 Å². The molecular weight excluding hydrogens is 382 g/mol. The van der Waals surface area contributed by atoms with Crippen LogP contribution in [-0.4, -0.2) is 27.5 Å². The number of aromatic nitrogens is 3. The first-order valence-corrected chi connectivity index (χ1v) is 8.86. The van der Waals surface area contributed by atoms with Crippen molar-refractivity contribution in [1.29, 1.82) is 0 Å². The van der Waals surface area contributed by atoms with Crippen LogP contribution in [0.15, 0.2) is 57.6 Å². The summed E-state index contributed by atoms with van der Waals surface area (Å²) >= 11 is 5.93. The first-order valence-electron chi connectivity index (χ1n) is 8.49. The van der Waals surface area contributed by atoms with Gasteiger partial charge in [-0.1, -0.05) is 21.9 Å². The Morgan fingerprint density at radius 3 is 2.29 bits per heavy atom. The topological polar surface area (TPSA) is 94.4 Å². The van der Waals surface area contributed by atoms with Gasteiger partial charge in [-0.15, -0.1) is 0 Å². The van der Waals surface area contributed by atoms with E-state index in [1.54, 1.807) is 38.3 Å². The Balaban J connectivity index is 1.80. The first kappa shape index (κ1) is 18.2. The molecule has 0 saturated heterocycles. The van der Waals surface area contributed by atoms with Gasteiger partial charge in [0.1, 0.15) is 23.1 Å². The number of rotatable bonds is 5. The molecule has 2 aromatic heterocycles. The average Bonchev–Trinajstić information content (AvgIpc) is 3.35. The van der Waals surface area contributed by atoms with Crippen LogP contribution in [0.2, 0.25) is 5.02 Å². The van der Waals surface area contributed by atoms with Crippen molar-refractivity contribution in [2.75, 3.05) is 7.11 Å². The van der Waals surface area contributed by atoms with E-state index in [0.717, 1.165) is 11.1 Å². The molecule has 0 aliphatic rings. The average molecular weight is 398 g/mol. The lowest BCUT2D eigenvalue weighted by atomic mass is 10.0. The molecule has 0 aliphatic carbocycles. The van der Waals surface area contributed by atoms with Gasteiger partial charge in [0.05, 0.1) is 7.11 Å². The van der Waals surface area contributed by atoms with E-state index in [1.807, 2.05) is 24.3 Å². The SMILES string of the molecule is COc1ccc(-c2noc(C(C)O)c2-c2nc(-c3ccc(Cl)cc3)no2)cc1. The second-order valence-electron chi connectivity index (χ2n) is 6.10. The molecule has 8 heteroatoms. The number of aliphatic hydroxyl groups excluding tert-OH is 1. The van der Waals surface area contributed by atoms with Gasteiger partial charge in [-0.05, 0) is 55.5 Å². The van der Waals surface area contributed by atoms with Crippen LogP contribution in [0, 0.1) is 0 Å². The third kappa shape index (κ3) is 3.37. The fourth-order valence-electron chi connectivity index (χ4n) is 2.78. The molecule has 1 unspecified atom stereocenters. The summed E-state index contributed by atoms with van der Waals surface area (Å²) in [6.07, 6.45) is -0.902. The fraction of sp³-hybridized carbons (Fsp3) is 0.150. The van der Waals surface area contributed by atoms with Crippen molar-refractivity contribution in [2.24, 2.45) is 0 Å². The summed E-state index contributed by atoms with van der Waals surface area (Å²) in [4.78, 5) is 4.46. The van der Waals surface area contributed by atoms with Gasteiger partial charge in [-0.2, -0.15) is 4.98 Å². The molecule has 0 spiro atoms. The summed E-state index contributed by atoms with van der Waals surface area (Å²) in [5, 5.41) is 18.9. The molecule has 4 aromatic rings. The van der Waals surface area contributed by atoms with Gasteiger partial charge >= 0.3 is 0 Å². The number of methoxy groups -OCH3 is 1. The van der Waals surface area contributed by atoms with E-state index in [9.17, 15) is 5.11 Å². The van der Waals surface area contributed by atoms with Gasteiger partial charge in [0, 0.05) is 16.1 Å². The zero-order valence-electron chi connectivity index (χ0n) is 15.1. The number of aliphatic hydroxyl groups is 1. The number of nitrogens with zero attached hydrogens (tertiary/aromatic N) is 3. The predicted molar refractivity (Wildman–Crippen MR) is 103 cm³/mol. The van der Waals surface area contributed by atoms with E-state index >= 15 is 0 Å². The Labute approximate surface area is 165 Å². The standard InChI is InChI=1S/C20H16ClN3O4/c1-11(25)18-16(17(23-27-18)12-5-9-15(26-2)10-6-12)20-22-19(24-28-20)13-3-7-14(21)8-4-13/h3-11,25H,1-2H3. The van der Waals surface area contributed by atoms with Gasteiger partial charge in [0.25, 0.3) is 5.89 Å². The second kappa shape index (κ2) is 7.46. The zero-order valence-corrected chi connectivity index (χ0v) is 15.8. The Bertz CT molecular complexity index is 1090. The minimum atomic E-state index is -0.902. The summed E-state index contributed by atoms with van der Waals surface area (Å²) in [7, 11) is 1.60. The van der Waals surface area contributed by atoms with Crippen molar-refractivity contribution in [3.8, 4) is 39.8 Å². The normalized spacial score (nSPS) is 12.1. The fourth-order valence-corrected chi connectivity index (χ4v) is 2.91. The maximum Gasteiger partial charge on any atom is 0.264 e. The van der Waals surface area contributed by atoms with E-state index in [4.69, 9.17) is 25.4 Å². The lowest BCUT2D eigenvalue weighted by Crippen LogP contribution is -1.93. The molecule has 0 bridgehead atoms. The molecule has 1 atom stereocenters. The summed E-state index contributed by atoms with van der Waals surface area (Å²) < 4.78 is 16.0. The number of benzene rings is 2. The second-order valence-corrected chi connectivity index (χ2v) is 6.54. The Morgan fingerprint density at radius 1 is 0.964 bits per heavy atom. The lowest BCUT2D eigenvalue weighted by molar-refractivity contribution is 0.158. The van der Waals surface area contributed by atoms with E-state index in [2.05, 4.69) is 15.3 Å². The van der Waals surface area contributed by atoms with Crippen LogP contribution >= 0.6 is 11.6 Å². The maximum absolute atomic E-state index is 10.1. The summed E-state index contributed by atoms with van der Waals surface area (Å²) in [5.74, 6) is 1.56. The molecule has 1 N–H and O–H groups in total. The van der Waals surface area contributed by atoms with Gasteiger partial charge < -0.3 is 18.9 Å². The molecule has 0 radical (unpaired) electrons. The minimum Gasteiger partial charge on any atom is -0.497 e. The van der Waals surface area contributed by atoms with Gasteiger partial charge in [0.2, 0.25) is 5.82 Å². The Kier molecular flexibility index (Phi) is 4.85. The van der Waals surface area contributed by atoms with Crippen molar-refractivity contribution >= 4 is 11.6 Å². The molecule has 28 heavy (non-hydrogen) atoms. The summed E-state index contributed by atoms with van der Waals surface area (Å²) in [5.41, 5.74) is 2.45. The van der Waals surface area contributed by atoms with Gasteiger partial charge in [0.15, 0.2) is 5.76 Å². The Morgan fingerprint density at radius 2 is 1.64 bits per heavy atom. The van der Waals surface area contributed by atoms with Crippen LogP contribution in [0.4, 0.5) is 0 Å². The van der Waals surface area contributed by atoms with E-state index < -0.39 is 6.10 Å². The third-order valence-corrected chi connectivity index (χ3v) is 4.46. The monoisotopic (exact) mass is 397 g/mol. The van der Waals surface area contributed by atoms with Crippen LogP contribution in [0.25, 0.3) is 34.1 Å². The van der Waals surface area contributed by atoms with Crippen LogP contribution < -0.4 is 4.74 Å². The maximum atomic E-state index is 10.1. The molecule has 7 nitrogen and oxygen atoms in total. The molecule has 0 aliphatic heterocycles. The minimum absolute atomic E-state index is 0.202. The molecule has 0 amide bonds. The van der Waals surface area contributed by atoms with Crippen molar-refractivity contribution in [1.82, 2.24) is 15.3 Å². The molecular formula is C20H16ClN3O4. The molecule has 4 rings (SSSR count). The van der Waals surface area contributed by atoms with E-state index in [-0.39, 0.29) is 11.7 Å². The number of ether oxygens (including phenoxy) is 1. The summed E-state index contributed by atoms with van der Waals surface area (Å²) in [6, 6.07) is 14.4. The van der Waals surface area contributed by atoms with Crippen LogP contribution in [0.3, 0.4) is 0 Å². The summed E-state index contributed by atoms with van der Waals surface area (Å²) in [6.45, 7) is 1.58. The molecule has 2 heterocycles. The van der Waals surface area contributed by atoms with E-state index in [0.29, 0.717) is 27.9 Å². The lowest BCUT2D eigenvalue weighted by Gasteiger charge is -2.03. The molecule has 2 aromatic carbocycles. The van der Waals surface area contributed by atoms with Crippen molar-refractivity contribution < 1.29 is 18.9 Å². The third-order valence-electron chi connectivity index (χ3n) is 4.20. The predicted octanol–water partition coefficient (Wildman–Crippen LogP) is 4.77. The number of hydrogen-bond acceptors (Lipinski definition) is 7. The van der Waals surface area contributed by atoms with Gasteiger partial charge in [-0.3, -0.25) is 0 Å². The van der Waals surface area contributed by atoms with Crippen LogP contribution in [0.5, 0.6) is 5.75 Å². The number of hydrogen-bond donors (Lipinski definition) is 1. The Hall–Kier alpha value is -3.16. The smallest absolute Gasteiger partial charge is 0.264 e. The van der Waals surface area contributed by atoms with Gasteiger partial charge in [-0.25, -0.2) is 0 Å². The van der Waals surface area contributed by atoms with Crippen molar-refractivity contribution in [2.45, 2.75) is 13.0 Å². The highest BCUT2D eigenvalue weighted by atomic mass is 35.5. The van der Waals surface area contributed by atoms with Crippen LogP contribution in [-0.2, 0) is 0 Å². The largest absolute Gasteiger partial charge is 0.497 e.